The SMILES string of the molecule is CC(C)(C)c1ccc(N2c3cc4ccccc4c4c3B(c3oc5cc6c(cc5c32)C(C)(C)CCC6(C)C)n2c3ccc5ccccc5c3c3cccc-4c32)c(-c2ccccc2)c1. The summed E-state index contributed by atoms with van der Waals surface area (Å²) < 4.78 is 10.3. The highest BCUT2D eigenvalue weighted by Crippen LogP contribution is 2.54. The van der Waals surface area contributed by atoms with E-state index in [1.54, 1.807) is 0 Å². The number of anilines is 3. The van der Waals surface area contributed by atoms with E-state index in [1.165, 1.54) is 98.8 Å². The van der Waals surface area contributed by atoms with E-state index in [0.29, 0.717) is 0 Å². The van der Waals surface area contributed by atoms with Crippen LogP contribution in [0.5, 0.6) is 0 Å². The van der Waals surface area contributed by atoms with Crippen molar-refractivity contribution in [1.82, 2.24) is 4.48 Å². The molecular weight excluding hydrogens is 751 g/mol. The molecule has 4 heterocycles. The fraction of sp³-hybridized carbons (Fsp3) is 0.207. The Morgan fingerprint density at radius 2 is 1.27 bits per heavy atom. The van der Waals surface area contributed by atoms with Crippen molar-refractivity contribution in [3.05, 3.63) is 162 Å². The van der Waals surface area contributed by atoms with E-state index in [4.69, 9.17) is 4.42 Å². The number of benzene rings is 8. The monoisotopic (exact) mass is 800 g/mol. The summed E-state index contributed by atoms with van der Waals surface area (Å²) in [6.45, 7) is 16.5. The second kappa shape index (κ2) is 12.1. The maximum Gasteiger partial charge on any atom is 0.376 e. The molecule has 2 aromatic heterocycles. The summed E-state index contributed by atoms with van der Waals surface area (Å²) in [5.74, 6) is 0. The number of nitrogens with zero attached hydrogens (tertiary/aromatic N) is 2. The summed E-state index contributed by atoms with van der Waals surface area (Å²) in [6.07, 6.45) is 2.29. The van der Waals surface area contributed by atoms with Crippen LogP contribution >= 0.6 is 0 Å². The first-order valence-electron chi connectivity index (χ1n) is 22.5. The number of hydrogen-bond acceptors (Lipinski definition) is 2. The summed E-state index contributed by atoms with van der Waals surface area (Å²) >= 11 is 0. The van der Waals surface area contributed by atoms with Gasteiger partial charge in [0.1, 0.15) is 11.2 Å². The Labute approximate surface area is 363 Å². The van der Waals surface area contributed by atoms with Gasteiger partial charge in [-0.25, -0.2) is 0 Å². The molecule has 0 fully saturated rings. The Kier molecular flexibility index (Phi) is 7.06. The first-order valence-corrected chi connectivity index (χ1v) is 22.5. The quantitative estimate of drug-likeness (QED) is 0.162. The summed E-state index contributed by atoms with van der Waals surface area (Å²) in [5, 5.41) is 8.83. The minimum Gasteiger partial charge on any atom is -0.466 e. The Hall–Kier alpha value is -6.52. The maximum absolute atomic E-state index is 7.64. The van der Waals surface area contributed by atoms with E-state index >= 15 is 0 Å². The van der Waals surface area contributed by atoms with E-state index in [1.807, 2.05) is 0 Å². The van der Waals surface area contributed by atoms with Gasteiger partial charge in [-0.15, -0.1) is 0 Å². The minimum absolute atomic E-state index is 0.0289. The molecule has 0 unspecified atom stereocenters. The predicted octanol–water partition coefficient (Wildman–Crippen LogP) is 14.6. The molecule has 10 aromatic rings. The van der Waals surface area contributed by atoms with Crippen LogP contribution in [0, 0.1) is 0 Å². The third kappa shape index (κ3) is 4.73. The second-order valence-electron chi connectivity index (χ2n) is 20.7. The maximum atomic E-state index is 7.64. The molecule has 1 aliphatic carbocycles. The zero-order valence-electron chi connectivity index (χ0n) is 36.7. The molecule has 0 atom stereocenters. The Morgan fingerprint density at radius 3 is 2.05 bits per heavy atom. The van der Waals surface area contributed by atoms with Gasteiger partial charge >= 0.3 is 6.85 Å². The largest absolute Gasteiger partial charge is 0.466 e. The van der Waals surface area contributed by atoms with Gasteiger partial charge in [0.15, 0.2) is 0 Å². The van der Waals surface area contributed by atoms with Crippen LogP contribution in [-0.4, -0.2) is 11.3 Å². The summed E-state index contributed by atoms with van der Waals surface area (Å²) in [7, 11) is 0. The van der Waals surface area contributed by atoms with E-state index in [9.17, 15) is 0 Å². The fourth-order valence-electron chi connectivity index (χ4n) is 11.8. The molecule has 0 amide bonds. The third-order valence-electron chi connectivity index (χ3n) is 15.1. The second-order valence-corrected chi connectivity index (χ2v) is 20.7. The van der Waals surface area contributed by atoms with Crippen molar-refractivity contribution in [1.29, 1.82) is 0 Å². The van der Waals surface area contributed by atoms with Gasteiger partial charge in [-0.2, -0.15) is 0 Å². The molecule has 0 saturated carbocycles. The fourth-order valence-corrected chi connectivity index (χ4v) is 11.8. The highest BCUT2D eigenvalue weighted by atomic mass is 16.3. The standard InChI is InChI=1S/C58H49BN2O/c1-56(2,3)37-25-27-46(42(31-37)34-16-9-8-10-17-34)60-48-30-36-19-12-14-21-39(36)51-41-23-15-22-40-50-38-20-13-11-18-35(38)24-26-47(50)61(53(40)41)59(52(48)51)55-54(60)43-32-44-45(33-49(43)62-55)58(6,7)29-28-57(44,4)5/h8-27,30-33H,28-29H2,1-7H3. The molecule has 0 N–H and O–H groups in total. The van der Waals surface area contributed by atoms with Gasteiger partial charge < -0.3 is 13.8 Å². The van der Waals surface area contributed by atoms with Gasteiger partial charge in [-0.1, -0.05) is 158 Å². The van der Waals surface area contributed by atoms with Crippen molar-refractivity contribution in [2.75, 3.05) is 4.90 Å². The van der Waals surface area contributed by atoms with Crippen molar-refractivity contribution in [2.45, 2.75) is 77.6 Å². The van der Waals surface area contributed by atoms with Crippen LogP contribution in [0.1, 0.15) is 78.0 Å². The number of furan rings is 1. The van der Waals surface area contributed by atoms with Gasteiger partial charge in [-0.05, 0) is 120 Å². The van der Waals surface area contributed by atoms with Crippen LogP contribution in [0.3, 0.4) is 0 Å². The van der Waals surface area contributed by atoms with Crippen LogP contribution in [0.4, 0.5) is 17.1 Å². The molecule has 62 heavy (non-hydrogen) atoms. The molecule has 13 rings (SSSR count). The number of aromatic nitrogens is 1. The zero-order chi connectivity index (χ0) is 42.0. The molecular formula is C58H49BN2O. The van der Waals surface area contributed by atoms with E-state index < -0.39 is 0 Å². The molecule has 2 aliphatic heterocycles. The Bertz CT molecular complexity index is 3580. The van der Waals surface area contributed by atoms with Gasteiger partial charge in [0, 0.05) is 44.0 Å². The van der Waals surface area contributed by atoms with Crippen LogP contribution in [-0.2, 0) is 16.2 Å². The summed E-state index contributed by atoms with van der Waals surface area (Å²) in [6, 6.07) is 55.2. The van der Waals surface area contributed by atoms with Crippen molar-refractivity contribution >= 4 is 89.4 Å². The lowest BCUT2D eigenvalue weighted by atomic mass is 9.47. The highest BCUT2D eigenvalue weighted by Gasteiger charge is 2.48. The average Bonchev–Trinajstić information content (AvgIpc) is 3.82. The molecule has 0 bridgehead atoms. The van der Waals surface area contributed by atoms with Crippen LogP contribution in [0.15, 0.2) is 150 Å². The van der Waals surface area contributed by atoms with Crippen LogP contribution < -0.4 is 16.0 Å². The topological polar surface area (TPSA) is 21.3 Å². The average molecular weight is 801 g/mol. The number of hydrogen-bond donors (Lipinski definition) is 0. The van der Waals surface area contributed by atoms with Gasteiger partial charge in [-0.3, -0.25) is 0 Å². The molecule has 8 aromatic carbocycles. The molecule has 0 spiro atoms. The number of rotatable bonds is 2. The third-order valence-corrected chi connectivity index (χ3v) is 15.1. The van der Waals surface area contributed by atoms with E-state index in [-0.39, 0.29) is 23.1 Å². The normalized spacial score (nSPS) is 16.0. The zero-order valence-corrected chi connectivity index (χ0v) is 36.7. The lowest BCUT2D eigenvalue weighted by Gasteiger charge is -2.42. The first-order chi connectivity index (χ1) is 29.9. The van der Waals surface area contributed by atoms with E-state index in [0.717, 1.165) is 35.5 Å². The molecule has 3 nitrogen and oxygen atoms in total. The van der Waals surface area contributed by atoms with Crippen molar-refractivity contribution in [2.24, 2.45) is 0 Å². The number of fused-ring (bicyclic) bond motifs is 14. The van der Waals surface area contributed by atoms with Gasteiger partial charge in [0.05, 0.1) is 11.4 Å². The highest BCUT2D eigenvalue weighted by molar-refractivity contribution is 6.90. The molecule has 0 saturated heterocycles. The number of para-hydroxylation sites is 1. The first kappa shape index (κ1) is 36.2. The van der Waals surface area contributed by atoms with Crippen molar-refractivity contribution in [3.63, 3.8) is 0 Å². The lowest BCUT2D eigenvalue weighted by Crippen LogP contribution is -2.56. The lowest BCUT2D eigenvalue weighted by molar-refractivity contribution is 0.332. The van der Waals surface area contributed by atoms with E-state index in [2.05, 4.69) is 203 Å². The van der Waals surface area contributed by atoms with Crippen molar-refractivity contribution < 1.29 is 4.42 Å². The van der Waals surface area contributed by atoms with Crippen LogP contribution in [0.2, 0.25) is 0 Å². The summed E-state index contributed by atoms with van der Waals surface area (Å²) in [4.78, 5) is 2.61. The van der Waals surface area contributed by atoms with Gasteiger partial charge in [0.2, 0.25) is 0 Å². The minimum atomic E-state index is -0.202. The Balaban J connectivity index is 1.24. The summed E-state index contributed by atoms with van der Waals surface area (Å²) in [5.41, 5.74) is 18.5. The predicted molar refractivity (Wildman–Crippen MR) is 264 cm³/mol. The van der Waals surface area contributed by atoms with Gasteiger partial charge in [0.25, 0.3) is 0 Å². The Morgan fingerprint density at radius 1 is 0.581 bits per heavy atom. The smallest absolute Gasteiger partial charge is 0.376 e. The molecule has 3 aliphatic rings. The van der Waals surface area contributed by atoms with Crippen molar-refractivity contribution in [3.8, 4) is 22.3 Å². The molecule has 0 radical (unpaired) electrons. The van der Waals surface area contributed by atoms with Crippen LogP contribution in [0.25, 0.3) is 76.6 Å². The molecule has 300 valence electrons. The molecule has 4 heteroatoms.